The molecular formula is C8H5F4N. The summed E-state index contributed by atoms with van der Waals surface area (Å²) >= 11 is 0. The predicted octanol–water partition coefficient (Wildman–Crippen LogP) is 3.01. The Kier molecular flexibility index (Phi) is 2.65. The molecule has 1 aromatic carbocycles. The lowest BCUT2D eigenvalue weighted by molar-refractivity contribution is -0.137. The van der Waals surface area contributed by atoms with Crippen LogP contribution in [0.3, 0.4) is 0 Å². The van der Waals surface area contributed by atoms with E-state index in [1.54, 1.807) is 0 Å². The van der Waals surface area contributed by atoms with E-state index >= 15 is 0 Å². The van der Waals surface area contributed by atoms with Crippen LogP contribution in [0.25, 0.3) is 0 Å². The van der Waals surface area contributed by atoms with Crippen LogP contribution in [0.15, 0.2) is 29.5 Å². The third-order valence-corrected chi connectivity index (χ3v) is 1.44. The van der Waals surface area contributed by atoms with Crippen LogP contribution < -0.4 is 0 Å². The largest absolute Gasteiger partial charge is 0.416 e. The molecule has 0 aromatic heterocycles. The second kappa shape index (κ2) is 3.55. The average Bonchev–Trinajstić information content (AvgIpc) is 2.04. The van der Waals surface area contributed by atoms with E-state index in [9.17, 15) is 17.7 Å². The molecule has 1 nitrogen and oxygen atoms in total. The Labute approximate surface area is 71.7 Å². The highest BCUT2D eigenvalue weighted by Gasteiger charge is 2.29. The van der Waals surface area contributed by atoms with Crippen LogP contribution in [0.4, 0.5) is 17.7 Å². The van der Waals surface area contributed by atoms with Crippen LogP contribution in [0.5, 0.6) is 0 Å². The van der Waals surface area contributed by atoms with Gasteiger partial charge in [-0.1, -0.05) is 21.8 Å². The van der Waals surface area contributed by atoms with Gasteiger partial charge in [0.2, 0.25) is 0 Å². The molecule has 1 aromatic rings. The van der Waals surface area contributed by atoms with Crippen LogP contribution in [-0.4, -0.2) is 6.21 Å². The fraction of sp³-hybridized carbons (Fsp3) is 0.125. The van der Waals surface area contributed by atoms with Gasteiger partial charge in [0.05, 0.1) is 11.8 Å². The monoisotopic (exact) mass is 191 g/mol. The predicted molar refractivity (Wildman–Crippen MR) is 40.1 cm³/mol. The van der Waals surface area contributed by atoms with Gasteiger partial charge in [0.25, 0.3) is 0 Å². The van der Waals surface area contributed by atoms with Gasteiger partial charge in [0.1, 0.15) is 0 Å². The summed E-state index contributed by atoms with van der Waals surface area (Å²) in [5.41, 5.74) is -0.473. The van der Waals surface area contributed by atoms with Crippen LogP contribution in [0.2, 0.25) is 0 Å². The Hall–Kier alpha value is -1.39. The number of halogens is 4. The number of benzene rings is 1. The van der Waals surface area contributed by atoms with Gasteiger partial charge in [0.15, 0.2) is 0 Å². The Morgan fingerprint density at radius 3 is 2.00 bits per heavy atom. The Balaban J connectivity index is 2.94. The van der Waals surface area contributed by atoms with Gasteiger partial charge < -0.3 is 0 Å². The zero-order chi connectivity index (χ0) is 9.90. The molecule has 0 heterocycles. The quantitative estimate of drug-likeness (QED) is 0.478. The Morgan fingerprint density at radius 2 is 1.62 bits per heavy atom. The molecule has 0 radical (unpaired) electrons. The lowest BCUT2D eigenvalue weighted by atomic mass is 10.1. The molecule has 13 heavy (non-hydrogen) atoms. The number of hydrogen-bond donors (Lipinski definition) is 0. The van der Waals surface area contributed by atoms with Crippen molar-refractivity contribution in [1.82, 2.24) is 0 Å². The van der Waals surface area contributed by atoms with Crippen molar-refractivity contribution in [1.29, 1.82) is 0 Å². The fourth-order valence-electron chi connectivity index (χ4n) is 0.815. The van der Waals surface area contributed by atoms with Crippen molar-refractivity contribution in [2.45, 2.75) is 6.18 Å². The number of hydrogen-bond acceptors (Lipinski definition) is 1. The highest BCUT2D eigenvalue weighted by molar-refractivity contribution is 5.79. The van der Waals surface area contributed by atoms with Gasteiger partial charge in [-0.25, -0.2) is 0 Å². The first kappa shape index (κ1) is 9.70. The summed E-state index contributed by atoms with van der Waals surface area (Å²) in [5.74, 6) is 0. The van der Waals surface area contributed by atoms with E-state index in [4.69, 9.17) is 0 Å². The molecule has 0 atom stereocenters. The van der Waals surface area contributed by atoms with Gasteiger partial charge in [-0.2, -0.15) is 13.2 Å². The van der Waals surface area contributed by atoms with E-state index < -0.39 is 11.7 Å². The van der Waals surface area contributed by atoms with Crippen LogP contribution in [0, 0.1) is 0 Å². The standard InChI is InChI=1S/C8H5F4N/c9-8(10,11)7-3-1-6(2-4-7)5-13-12/h1-5H. The highest BCUT2D eigenvalue weighted by Crippen LogP contribution is 2.28. The molecule has 1 rings (SSSR count). The summed E-state index contributed by atoms with van der Waals surface area (Å²) in [6.07, 6.45) is -3.52. The molecule has 0 saturated carbocycles. The molecule has 0 saturated heterocycles. The first-order valence-corrected chi connectivity index (χ1v) is 3.35. The van der Waals surface area contributed by atoms with Gasteiger partial charge in [-0.3, -0.25) is 0 Å². The molecule has 70 valence electrons. The first-order chi connectivity index (χ1) is 6.04. The van der Waals surface area contributed by atoms with Crippen LogP contribution in [-0.2, 0) is 6.18 Å². The summed E-state index contributed by atoms with van der Waals surface area (Å²) in [5, 5.41) is 2.19. The van der Waals surface area contributed by atoms with E-state index in [2.05, 4.69) is 5.21 Å². The Bertz CT molecular complexity index is 299. The van der Waals surface area contributed by atoms with Gasteiger partial charge in [-0.15, -0.1) is 0 Å². The summed E-state index contributed by atoms with van der Waals surface area (Å²) in [6, 6.07) is 4.03. The average molecular weight is 191 g/mol. The first-order valence-electron chi connectivity index (χ1n) is 3.35. The summed E-state index contributed by atoms with van der Waals surface area (Å²) in [4.78, 5) is 0. The maximum atomic E-state index is 12.0. The molecule has 0 spiro atoms. The normalized spacial score (nSPS) is 12.3. The zero-order valence-electron chi connectivity index (χ0n) is 6.35. The van der Waals surface area contributed by atoms with Crippen molar-refractivity contribution >= 4 is 6.21 Å². The molecule has 5 heteroatoms. The smallest absolute Gasteiger partial charge is 0.166 e. The topological polar surface area (TPSA) is 12.4 Å². The van der Waals surface area contributed by atoms with E-state index in [1.807, 2.05) is 0 Å². The molecule has 0 unspecified atom stereocenters. The summed E-state index contributed by atoms with van der Waals surface area (Å²) < 4.78 is 47.4. The third kappa shape index (κ3) is 2.54. The van der Waals surface area contributed by atoms with Crippen molar-refractivity contribution in [3.05, 3.63) is 35.4 Å². The molecular weight excluding hydrogens is 186 g/mol. The lowest BCUT2D eigenvalue weighted by Crippen LogP contribution is -2.04. The molecule has 0 aliphatic carbocycles. The second-order valence-corrected chi connectivity index (χ2v) is 2.35. The minimum atomic E-state index is -4.36. The van der Waals surface area contributed by atoms with E-state index in [1.165, 1.54) is 0 Å². The summed E-state index contributed by atoms with van der Waals surface area (Å²) in [7, 11) is 0. The maximum absolute atomic E-state index is 12.0. The van der Waals surface area contributed by atoms with Gasteiger partial charge >= 0.3 is 6.18 Å². The highest BCUT2D eigenvalue weighted by atomic mass is 19.4. The summed E-state index contributed by atoms with van der Waals surface area (Å²) in [6.45, 7) is 0. The van der Waals surface area contributed by atoms with Crippen molar-refractivity contribution < 1.29 is 17.7 Å². The van der Waals surface area contributed by atoms with Crippen molar-refractivity contribution in [2.24, 2.45) is 5.21 Å². The van der Waals surface area contributed by atoms with Gasteiger partial charge in [0, 0.05) is 0 Å². The van der Waals surface area contributed by atoms with E-state index in [0.717, 1.165) is 30.5 Å². The van der Waals surface area contributed by atoms with Crippen molar-refractivity contribution in [2.75, 3.05) is 0 Å². The van der Waals surface area contributed by atoms with Crippen molar-refractivity contribution in [3.8, 4) is 0 Å². The van der Waals surface area contributed by atoms with Crippen molar-refractivity contribution in [3.63, 3.8) is 0 Å². The number of nitrogens with zero attached hydrogens (tertiary/aromatic N) is 1. The molecule has 0 amide bonds. The molecule has 0 aliphatic rings. The second-order valence-electron chi connectivity index (χ2n) is 2.35. The third-order valence-electron chi connectivity index (χ3n) is 1.44. The minimum Gasteiger partial charge on any atom is -0.166 e. The maximum Gasteiger partial charge on any atom is 0.416 e. The van der Waals surface area contributed by atoms with E-state index in [0.29, 0.717) is 0 Å². The minimum absolute atomic E-state index is 0.288. The molecule has 0 bridgehead atoms. The SMILES string of the molecule is FN=Cc1ccc(C(F)(F)F)cc1. The van der Waals surface area contributed by atoms with Crippen LogP contribution >= 0.6 is 0 Å². The van der Waals surface area contributed by atoms with Crippen LogP contribution in [0.1, 0.15) is 11.1 Å². The fourth-order valence-corrected chi connectivity index (χ4v) is 0.815. The molecule has 0 N–H and O–H groups in total. The van der Waals surface area contributed by atoms with E-state index in [-0.39, 0.29) is 5.56 Å². The number of rotatable bonds is 1. The molecule has 0 aliphatic heterocycles. The van der Waals surface area contributed by atoms with Gasteiger partial charge in [-0.05, 0) is 17.7 Å². The number of alkyl halides is 3. The lowest BCUT2D eigenvalue weighted by Gasteiger charge is -2.05. The molecule has 0 fully saturated rings. The zero-order valence-corrected chi connectivity index (χ0v) is 6.35. The Morgan fingerprint density at radius 1 is 1.08 bits per heavy atom.